The molecule has 19 heavy (non-hydrogen) atoms. The molecule has 1 aromatic rings. The molecule has 0 radical (unpaired) electrons. The van der Waals surface area contributed by atoms with Crippen LogP contribution >= 0.6 is 0 Å². The van der Waals surface area contributed by atoms with Crippen molar-refractivity contribution in [3.63, 3.8) is 0 Å². The zero-order chi connectivity index (χ0) is 14.2. The first-order chi connectivity index (χ1) is 8.86. The maximum Gasteiger partial charge on any atom is 0.289 e. The van der Waals surface area contributed by atoms with Gasteiger partial charge in [-0.05, 0) is 6.07 Å². The average Bonchev–Trinajstić information content (AvgIpc) is 2.83. The molecule has 0 unspecified atom stereocenters. The Morgan fingerprint density at radius 2 is 2.05 bits per heavy atom. The number of fused-ring (bicyclic) bond motifs is 1. The Kier molecular flexibility index (Phi) is 3.25. The van der Waals surface area contributed by atoms with Crippen LogP contribution in [-0.2, 0) is 0 Å². The van der Waals surface area contributed by atoms with Crippen LogP contribution in [0.15, 0.2) is 12.1 Å². The number of nitro groups is 1. The molecule has 0 amide bonds. The lowest BCUT2D eigenvalue weighted by molar-refractivity contribution is -0.386. The van der Waals surface area contributed by atoms with Crippen LogP contribution in [0.1, 0.15) is 11.6 Å². The lowest BCUT2D eigenvalue weighted by atomic mass is 9.99. The molecule has 0 aliphatic carbocycles. The zero-order valence-electron chi connectivity index (χ0n) is 9.51. The van der Waals surface area contributed by atoms with Crippen LogP contribution in [-0.4, -0.2) is 29.4 Å². The van der Waals surface area contributed by atoms with Gasteiger partial charge in [-0.2, -0.15) is 0 Å². The third-order valence-electron chi connectivity index (χ3n) is 2.72. The highest BCUT2D eigenvalue weighted by Crippen LogP contribution is 2.42. The summed E-state index contributed by atoms with van der Waals surface area (Å²) in [5, 5.41) is 19.5. The first-order valence-electron chi connectivity index (χ1n) is 5.19. The van der Waals surface area contributed by atoms with Crippen molar-refractivity contribution in [2.45, 2.75) is 12.0 Å². The van der Waals surface area contributed by atoms with Crippen LogP contribution in [0.25, 0.3) is 0 Å². The minimum absolute atomic E-state index is 0.0926. The Balaban J connectivity index is 2.52. The van der Waals surface area contributed by atoms with E-state index in [4.69, 9.17) is 20.3 Å². The fourth-order valence-electron chi connectivity index (χ4n) is 1.68. The molecule has 1 atom stereocenters. The van der Waals surface area contributed by atoms with E-state index in [1.807, 2.05) is 0 Å². The van der Waals surface area contributed by atoms with E-state index in [0.717, 1.165) is 12.1 Å². The Labute approximate surface area is 105 Å². The van der Waals surface area contributed by atoms with Gasteiger partial charge in [0.1, 0.15) is 12.6 Å². The Bertz CT molecular complexity index is 523. The second-order valence-electron chi connectivity index (χ2n) is 3.92. The normalized spacial score (nSPS) is 15.4. The van der Waals surface area contributed by atoms with E-state index in [0.29, 0.717) is 0 Å². The predicted molar refractivity (Wildman–Crippen MR) is 58.2 cm³/mol. The lowest BCUT2D eigenvalue weighted by Crippen LogP contribution is -2.36. The minimum Gasteiger partial charge on any atom is -0.454 e. The number of nitrogens with zero attached hydrogens (tertiary/aromatic N) is 1. The predicted octanol–water partition coefficient (Wildman–Crippen LogP) is 0.951. The number of hydrogen-bond acceptors (Lipinski definition) is 6. The summed E-state index contributed by atoms with van der Waals surface area (Å²) in [6.45, 7) is -1.67. The highest BCUT2D eigenvalue weighted by molar-refractivity contribution is 5.56. The summed E-state index contributed by atoms with van der Waals surface area (Å²) in [7, 11) is 0. The van der Waals surface area contributed by atoms with Crippen molar-refractivity contribution in [1.82, 2.24) is 0 Å². The highest BCUT2D eigenvalue weighted by Gasteiger charge is 2.41. The second-order valence-corrected chi connectivity index (χ2v) is 3.92. The van der Waals surface area contributed by atoms with Crippen molar-refractivity contribution in [2.24, 2.45) is 5.73 Å². The van der Waals surface area contributed by atoms with Crippen LogP contribution < -0.4 is 15.2 Å². The molecule has 1 heterocycles. The Morgan fingerprint density at radius 3 is 2.58 bits per heavy atom. The summed E-state index contributed by atoms with van der Waals surface area (Å²) in [5.41, 5.74) is 4.28. The molecule has 1 aliphatic rings. The molecule has 2 rings (SSSR count). The van der Waals surface area contributed by atoms with Gasteiger partial charge in [-0.1, -0.05) is 0 Å². The lowest BCUT2D eigenvalue weighted by Gasteiger charge is -2.21. The molecule has 0 saturated heterocycles. The zero-order valence-corrected chi connectivity index (χ0v) is 9.51. The van der Waals surface area contributed by atoms with Crippen LogP contribution in [0.3, 0.4) is 0 Å². The molecule has 0 saturated carbocycles. The van der Waals surface area contributed by atoms with E-state index in [1.54, 1.807) is 0 Å². The molecule has 0 fully saturated rings. The topological polar surface area (TPSA) is 108 Å². The number of aliphatic hydroxyl groups excluding tert-OH is 1. The standard InChI is InChI=1S/C10H10F2N2O5/c11-10(12,3-15)9(13)5-1-7-8(19-4-18-7)2-6(5)14(16)17/h1-2,9,15H,3-4,13H2/t9-/m1/s1. The average molecular weight is 276 g/mol. The van der Waals surface area contributed by atoms with Crippen molar-refractivity contribution in [3.8, 4) is 11.5 Å². The van der Waals surface area contributed by atoms with Crippen molar-refractivity contribution in [2.75, 3.05) is 13.4 Å². The summed E-state index contributed by atoms with van der Waals surface area (Å²) in [6.07, 6.45) is 0. The third kappa shape index (κ3) is 2.29. The molecule has 0 aromatic heterocycles. The number of benzene rings is 1. The van der Waals surface area contributed by atoms with Gasteiger partial charge < -0.3 is 20.3 Å². The minimum atomic E-state index is -3.68. The maximum absolute atomic E-state index is 13.4. The summed E-state index contributed by atoms with van der Waals surface area (Å²) in [6, 6.07) is -0.00735. The van der Waals surface area contributed by atoms with Crippen LogP contribution in [0, 0.1) is 10.1 Å². The quantitative estimate of drug-likeness (QED) is 0.626. The number of alkyl halides is 2. The van der Waals surface area contributed by atoms with E-state index in [9.17, 15) is 18.9 Å². The van der Waals surface area contributed by atoms with Gasteiger partial charge in [-0.25, -0.2) is 8.78 Å². The fourth-order valence-corrected chi connectivity index (χ4v) is 1.68. The number of rotatable bonds is 4. The van der Waals surface area contributed by atoms with Gasteiger partial charge in [0.25, 0.3) is 11.6 Å². The molecular formula is C10H10F2N2O5. The number of halogens is 2. The first-order valence-corrected chi connectivity index (χ1v) is 5.19. The number of nitro benzene ring substituents is 1. The molecule has 0 bridgehead atoms. The monoisotopic (exact) mass is 276 g/mol. The summed E-state index contributed by atoms with van der Waals surface area (Å²) in [5.74, 6) is -3.49. The molecule has 0 spiro atoms. The van der Waals surface area contributed by atoms with Gasteiger partial charge in [0.15, 0.2) is 11.5 Å². The van der Waals surface area contributed by atoms with Gasteiger partial charge in [0.2, 0.25) is 6.79 Å². The fraction of sp³-hybridized carbons (Fsp3) is 0.400. The molecule has 104 valence electrons. The number of hydrogen-bond donors (Lipinski definition) is 2. The highest BCUT2D eigenvalue weighted by atomic mass is 19.3. The number of nitrogens with two attached hydrogens (primary N) is 1. The van der Waals surface area contributed by atoms with Crippen molar-refractivity contribution >= 4 is 5.69 Å². The van der Waals surface area contributed by atoms with Gasteiger partial charge >= 0.3 is 0 Å². The molecule has 3 N–H and O–H groups in total. The summed E-state index contributed by atoms with van der Waals surface area (Å²) >= 11 is 0. The van der Waals surface area contributed by atoms with E-state index in [1.165, 1.54) is 0 Å². The molecule has 1 aromatic carbocycles. The van der Waals surface area contributed by atoms with E-state index in [-0.39, 0.29) is 18.3 Å². The van der Waals surface area contributed by atoms with Gasteiger partial charge in [0, 0.05) is 0 Å². The number of ether oxygens (including phenoxy) is 2. The van der Waals surface area contributed by atoms with Gasteiger partial charge in [-0.15, -0.1) is 0 Å². The Hall–Kier alpha value is -2.00. The largest absolute Gasteiger partial charge is 0.454 e. The molecule has 7 nitrogen and oxygen atoms in total. The van der Waals surface area contributed by atoms with E-state index < -0.39 is 34.7 Å². The third-order valence-corrected chi connectivity index (χ3v) is 2.72. The SMILES string of the molecule is N[C@H](c1cc2c(cc1[N+](=O)[O-])OCO2)C(F)(F)CO. The Morgan fingerprint density at radius 1 is 1.47 bits per heavy atom. The summed E-state index contributed by atoms with van der Waals surface area (Å²) in [4.78, 5) is 10.0. The van der Waals surface area contributed by atoms with Gasteiger partial charge in [0.05, 0.1) is 16.6 Å². The maximum atomic E-state index is 13.4. The summed E-state index contributed by atoms with van der Waals surface area (Å²) < 4.78 is 36.6. The van der Waals surface area contributed by atoms with Gasteiger partial charge in [-0.3, -0.25) is 10.1 Å². The van der Waals surface area contributed by atoms with Crippen LogP contribution in [0.5, 0.6) is 11.5 Å². The molecular weight excluding hydrogens is 266 g/mol. The van der Waals surface area contributed by atoms with E-state index in [2.05, 4.69) is 0 Å². The molecule has 1 aliphatic heterocycles. The number of aliphatic hydroxyl groups is 1. The van der Waals surface area contributed by atoms with Crippen molar-refractivity contribution < 1.29 is 28.3 Å². The first kappa shape index (κ1) is 13.4. The van der Waals surface area contributed by atoms with Crippen molar-refractivity contribution in [1.29, 1.82) is 0 Å². The van der Waals surface area contributed by atoms with Crippen LogP contribution in [0.4, 0.5) is 14.5 Å². The van der Waals surface area contributed by atoms with Crippen molar-refractivity contribution in [3.05, 3.63) is 27.8 Å². The van der Waals surface area contributed by atoms with Crippen LogP contribution in [0.2, 0.25) is 0 Å². The second kappa shape index (κ2) is 4.59. The smallest absolute Gasteiger partial charge is 0.289 e. The molecule has 9 heteroatoms. The van der Waals surface area contributed by atoms with E-state index >= 15 is 0 Å².